The number of para-hydroxylation sites is 1. The molecule has 0 spiro atoms. The molecule has 1 saturated heterocycles. The van der Waals surface area contributed by atoms with Crippen LogP contribution in [-0.4, -0.2) is 38.4 Å². The number of pyridine rings is 1. The van der Waals surface area contributed by atoms with E-state index in [0.717, 1.165) is 41.9 Å². The lowest BCUT2D eigenvalue weighted by atomic mass is 9.95. The van der Waals surface area contributed by atoms with Gasteiger partial charge in [-0.1, -0.05) is 19.1 Å². The van der Waals surface area contributed by atoms with Crippen molar-refractivity contribution in [3.63, 3.8) is 0 Å². The third-order valence-corrected chi connectivity index (χ3v) is 4.66. The summed E-state index contributed by atoms with van der Waals surface area (Å²) in [5.74, 6) is 1.43. The zero-order chi connectivity index (χ0) is 15.7. The van der Waals surface area contributed by atoms with Crippen LogP contribution in [0.25, 0.3) is 10.9 Å². The van der Waals surface area contributed by atoms with E-state index >= 15 is 0 Å². The van der Waals surface area contributed by atoms with Crippen molar-refractivity contribution in [1.29, 1.82) is 0 Å². The summed E-state index contributed by atoms with van der Waals surface area (Å²) in [7, 11) is 3.51. The summed E-state index contributed by atoms with van der Waals surface area (Å²) >= 11 is 0. The number of ether oxygens (including phenoxy) is 2. The molecule has 2 heterocycles. The number of hydrogen-bond donors (Lipinski definition) is 0. The molecule has 4 heteroatoms. The van der Waals surface area contributed by atoms with Gasteiger partial charge in [0.2, 0.25) is 0 Å². The van der Waals surface area contributed by atoms with Crippen LogP contribution in [0, 0.1) is 12.8 Å². The smallest absolute Gasteiger partial charge is 0.145 e. The van der Waals surface area contributed by atoms with Crippen molar-refractivity contribution in [2.45, 2.75) is 26.4 Å². The lowest BCUT2D eigenvalue weighted by molar-refractivity contribution is 0.0499. The van der Waals surface area contributed by atoms with Crippen molar-refractivity contribution < 1.29 is 9.47 Å². The van der Waals surface area contributed by atoms with Crippen molar-refractivity contribution in [1.82, 2.24) is 4.98 Å². The van der Waals surface area contributed by atoms with Gasteiger partial charge in [0.25, 0.3) is 0 Å². The normalized spacial score (nSPS) is 22.1. The molecule has 0 aliphatic carbocycles. The minimum Gasteiger partial charge on any atom is -0.494 e. The molecule has 3 rings (SSSR count). The molecular weight excluding hydrogens is 276 g/mol. The Morgan fingerprint density at radius 3 is 2.82 bits per heavy atom. The summed E-state index contributed by atoms with van der Waals surface area (Å²) < 4.78 is 11.1. The minimum atomic E-state index is 0.280. The number of aromatic nitrogens is 1. The maximum atomic E-state index is 5.66. The standard InChI is InChI=1S/C18H24N2O2/c1-12-8-9-20(11-17(12)22-4)15-10-13(2)19-18-14(15)6-5-7-16(18)21-3/h5-7,10,12,17H,8-9,11H2,1-4H3. The van der Waals surface area contributed by atoms with Gasteiger partial charge in [0, 0.05) is 37.0 Å². The molecule has 118 valence electrons. The first kappa shape index (κ1) is 15.1. The predicted molar refractivity (Wildman–Crippen MR) is 89.8 cm³/mol. The molecule has 0 radical (unpaired) electrons. The van der Waals surface area contributed by atoms with Crippen molar-refractivity contribution in [2.24, 2.45) is 5.92 Å². The van der Waals surface area contributed by atoms with Crippen LogP contribution in [0.3, 0.4) is 0 Å². The molecule has 1 fully saturated rings. The van der Waals surface area contributed by atoms with Crippen LogP contribution in [0.1, 0.15) is 19.0 Å². The van der Waals surface area contributed by atoms with Gasteiger partial charge in [0.1, 0.15) is 11.3 Å². The predicted octanol–water partition coefficient (Wildman–Crippen LogP) is 3.41. The topological polar surface area (TPSA) is 34.6 Å². The highest BCUT2D eigenvalue weighted by molar-refractivity contribution is 5.95. The Morgan fingerprint density at radius 1 is 1.27 bits per heavy atom. The first-order valence-electron chi connectivity index (χ1n) is 7.86. The van der Waals surface area contributed by atoms with Crippen LogP contribution in [0.15, 0.2) is 24.3 Å². The second kappa shape index (κ2) is 6.13. The number of aryl methyl sites for hydroxylation is 1. The molecule has 0 bridgehead atoms. The summed E-state index contributed by atoms with van der Waals surface area (Å²) in [6, 6.07) is 8.29. The van der Waals surface area contributed by atoms with Gasteiger partial charge in [0.15, 0.2) is 0 Å². The van der Waals surface area contributed by atoms with E-state index in [4.69, 9.17) is 9.47 Å². The molecule has 2 atom stereocenters. The average Bonchev–Trinajstić information content (AvgIpc) is 2.54. The second-order valence-corrected chi connectivity index (χ2v) is 6.13. The molecule has 0 N–H and O–H groups in total. The molecule has 1 aromatic carbocycles. The highest BCUT2D eigenvalue weighted by Gasteiger charge is 2.27. The van der Waals surface area contributed by atoms with Crippen LogP contribution in [-0.2, 0) is 4.74 Å². The monoisotopic (exact) mass is 300 g/mol. The van der Waals surface area contributed by atoms with Gasteiger partial charge < -0.3 is 14.4 Å². The maximum Gasteiger partial charge on any atom is 0.145 e. The summed E-state index contributed by atoms with van der Waals surface area (Å²) in [6.45, 7) is 6.28. The Morgan fingerprint density at radius 2 is 2.09 bits per heavy atom. The maximum absolute atomic E-state index is 5.66. The molecule has 2 unspecified atom stereocenters. The summed E-state index contributed by atoms with van der Waals surface area (Å²) in [6.07, 6.45) is 1.42. The van der Waals surface area contributed by atoms with Crippen molar-refractivity contribution >= 4 is 16.6 Å². The molecule has 1 aromatic heterocycles. The molecule has 0 saturated carbocycles. The van der Waals surface area contributed by atoms with Gasteiger partial charge in [-0.25, -0.2) is 4.98 Å². The lowest BCUT2D eigenvalue weighted by Gasteiger charge is -2.38. The van der Waals surface area contributed by atoms with E-state index in [0.29, 0.717) is 5.92 Å². The average molecular weight is 300 g/mol. The molecular formula is C18H24N2O2. The number of methoxy groups -OCH3 is 2. The number of benzene rings is 1. The molecule has 0 amide bonds. The number of anilines is 1. The molecule has 1 aliphatic rings. The van der Waals surface area contributed by atoms with E-state index in [9.17, 15) is 0 Å². The molecule has 2 aromatic rings. The minimum absolute atomic E-state index is 0.280. The van der Waals surface area contributed by atoms with Gasteiger partial charge in [-0.05, 0) is 31.4 Å². The van der Waals surface area contributed by atoms with Gasteiger partial charge in [-0.15, -0.1) is 0 Å². The Hall–Kier alpha value is -1.81. The van der Waals surface area contributed by atoms with E-state index in [1.165, 1.54) is 5.69 Å². The first-order valence-corrected chi connectivity index (χ1v) is 7.86. The Kier molecular flexibility index (Phi) is 4.21. The summed E-state index contributed by atoms with van der Waals surface area (Å²) in [5, 5.41) is 1.15. The van der Waals surface area contributed by atoms with E-state index in [1.54, 1.807) is 7.11 Å². The van der Waals surface area contributed by atoms with E-state index in [1.807, 2.05) is 26.2 Å². The molecule has 22 heavy (non-hydrogen) atoms. The van der Waals surface area contributed by atoms with Gasteiger partial charge in [-0.3, -0.25) is 0 Å². The van der Waals surface area contributed by atoms with E-state index in [2.05, 4.69) is 28.9 Å². The largest absolute Gasteiger partial charge is 0.494 e. The fraction of sp³-hybridized carbons (Fsp3) is 0.500. The Bertz CT molecular complexity index is 671. The van der Waals surface area contributed by atoms with Crippen LogP contribution in [0.4, 0.5) is 5.69 Å². The van der Waals surface area contributed by atoms with Crippen molar-refractivity contribution in [2.75, 3.05) is 32.2 Å². The van der Waals surface area contributed by atoms with Crippen molar-refractivity contribution in [3.05, 3.63) is 30.0 Å². The lowest BCUT2D eigenvalue weighted by Crippen LogP contribution is -2.44. The molecule has 4 nitrogen and oxygen atoms in total. The second-order valence-electron chi connectivity index (χ2n) is 6.13. The highest BCUT2D eigenvalue weighted by atomic mass is 16.5. The van der Waals surface area contributed by atoms with Gasteiger partial charge in [-0.2, -0.15) is 0 Å². The van der Waals surface area contributed by atoms with Crippen LogP contribution in [0.5, 0.6) is 5.75 Å². The third-order valence-electron chi connectivity index (χ3n) is 4.66. The number of hydrogen-bond acceptors (Lipinski definition) is 4. The fourth-order valence-corrected chi connectivity index (χ4v) is 3.31. The van der Waals surface area contributed by atoms with Crippen molar-refractivity contribution in [3.8, 4) is 5.75 Å². The summed E-state index contributed by atoms with van der Waals surface area (Å²) in [5.41, 5.74) is 3.18. The highest BCUT2D eigenvalue weighted by Crippen LogP contribution is 2.34. The van der Waals surface area contributed by atoms with Crippen LogP contribution >= 0.6 is 0 Å². The Labute approximate surface area is 132 Å². The Balaban J connectivity index is 2.07. The number of nitrogens with zero attached hydrogens (tertiary/aromatic N) is 2. The van der Waals surface area contributed by atoms with Crippen LogP contribution < -0.4 is 9.64 Å². The van der Waals surface area contributed by atoms with Gasteiger partial charge >= 0.3 is 0 Å². The van der Waals surface area contributed by atoms with E-state index in [-0.39, 0.29) is 6.10 Å². The third kappa shape index (κ3) is 2.63. The zero-order valence-corrected chi connectivity index (χ0v) is 13.8. The van der Waals surface area contributed by atoms with Gasteiger partial charge in [0.05, 0.1) is 13.2 Å². The SMILES string of the molecule is COc1cccc2c(N3CCC(C)C(OC)C3)cc(C)nc12. The number of piperidine rings is 1. The van der Waals surface area contributed by atoms with Crippen LogP contribution in [0.2, 0.25) is 0 Å². The molecule has 1 aliphatic heterocycles. The fourth-order valence-electron chi connectivity index (χ4n) is 3.31. The quantitative estimate of drug-likeness (QED) is 0.870. The summed E-state index contributed by atoms with van der Waals surface area (Å²) in [4.78, 5) is 7.09. The zero-order valence-electron chi connectivity index (χ0n) is 13.8. The number of rotatable bonds is 3. The number of fused-ring (bicyclic) bond motifs is 1. The van der Waals surface area contributed by atoms with E-state index < -0.39 is 0 Å². The first-order chi connectivity index (χ1) is 10.6.